The van der Waals surface area contributed by atoms with Crippen LogP contribution in [0, 0.1) is 18.6 Å². The van der Waals surface area contributed by atoms with E-state index in [2.05, 4.69) is 19.7 Å². The van der Waals surface area contributed by atoms with Crippen LogP contribution in [0.3, 0.4) is 0 Å². The molecule has 38 heavy (non-hydrogen) atoms. The molecule has 0 radical (unpaired) electrons. The number of nitrogen functional groups attached to an aromatic ring is 1. The van der Waals surface area contributed by atoms with E-state index < -0.39 is 27.4 Å². The summed E-state index contributed by atoms with van der Waals surface area (Å²) in [5.41, 5.74) is 7.17. The number of nitrogens with two attached hydrogens (primary N) is 1. The number of nitrogens with one attached hydrogen (secondary N) is 1. The molecule has 0 spiro atoms. The highest BCUT2D eigenvalue weighted by Gasteiger charge is 2.21. The molecule has 3 N–H and O–H groups in total. The van der Waals surface area contributed by atoms with Gasteiger partial charge in [0.25, 0.3) is 0 Å². The molecular weight excluding hydrogens is 512 g/mol. The fourth-order valence-corrected chi connectivity index (χ4v) is 5.23. The van der Waals surface area contributed by atoms with E-state index in [1.807, 2.05) is 0 Å². The Morgan fingerprint density at radius 3 is 2.47 bits per heavy atom. The molecule has 0 saturated heterocycles. The minimum absolute atomic E-state index is 0.0337. The first-order valence-corrected chi connectivity index (χ1v) is 13.0. The Morgan fingerprint density at radius 2 is 1.68 bits per heavy atom. The second kappa shape index (κ2) is 10.0. The van der Waals surface area contributed by atoms with E-state index in [-0.39, 0.29) is 28.5 Å². The first-order valence-electron chi connectivity index (χ1n) is 11.4. The van der Waals surface area contributed by atoms with Crippen LogP contribution < -0.4 is 15.2 Å². The summed E-state index contributed by atoms with van der Waals surface area (Å²) < 4.78 is 63.3. The van der Waals surface area contributed by atoms with Gasteiger partial charge in [-0.15, -0.1) is 0 Å². The van der Waals surface area contributed by atoms with Gasteiger partial charge in [-0.2, -0.15) is 0 Å². The predicted molar refractivity (Wildman–Crippen MR) is 141 cm³/mol. The van der Waals surface area contributed by atoms with E-state index in [1.165, 1.54) is 30.5 Å². The summed E-state index contributed by atoms with van der Waals surface area (Å²) in [6.45, 7) is 1.80. The van der Waals surface area contributed by atoms with Crippen molar-refractivity contribution in [2.45, 2.75) is 12.7 Å². The van der Waals surface area contributed by atoms with Crippen LogP contribution in [0.5, 0.6) is 11.6 Å². The zero-order chi connectivity index (χ0) is 26.9. The summed E-state index contributed by atoms with van der Waals surface area (Å²) in [5.74, 6) is -1.48. The van der Waals surface area contributed by atoms with Gasteiger partial charge < -0.3 is 10.5 Å². The van der Waals surface area contributed by atoms with Gasteiger partial charge in [-0.3, -0.25) is 4.72 Å². The van der Waals surface area contributed by atoms with Crippen LogP contribution in [0.15, 0.2) is 79.1 Å². The molecule has 0 bridgehead atoms. The number of aryl methyl sites for hydroxylation is 1. The Bertz CT molecular complexity index is 1780. The Labute approximate surface area is 217 Å². The molecule has 0 aliphatic rings. The Hall–Kier alpha value is -4.64. The Kier molecular flexibility index (Phi) is 6.60. The lowest BCUT2D eigenvalue weighted by Crippen LogP contribution is -2.17. The van der Waals surface area contributed by atoms with Crippen molar-refractivity contribution in [3.05, 3.63) is 102 Å². The van der Waals surface area contributed by atoms with Crippen LogP contribution in [0.1, 0.15) is 11.1 Å². The van der Waals surface area contributed by atoms with Crippen molar-refractivity contribution in [3.63, 3.8) is 0 Å². The SMILES string of the molecule is Cc1ccc2c(NS(=O)(=O)Cc3ccccc3F)c(F)ccc2c1Oc1ncccc1-c1ccnc(N)n1. The Morgan fingerprint density at radius 1 is 0.895 bits per heavy atom. The van der Waals surface area contributed by atoms with E-state index in [0.717, 1.165) is 12.1 Å². The largest absolute Gasteiger partial charge is 0.437 e. The highest BCUT2D eigenvalue weighted by molar-refractivity contribution is 7.91. The highest BCUT2D eigenvalue weighted by Crippen LogP contribution is 2.39. The topological polar surface area (TPSA) is 120 Å². The molecule has 0 unspecified atom stereocenters. The number of rotatable bonds is 7. The lowest BCUT2D eigenvalue weighted by Gasteiger charge is -2.17. The van der Waals surface area contributed by atoms with Crippen LogP contribution >= 0.6 is 0 Å². The zero-order valence-electron chi connectivity index (χ0n) is 20.0. The van der Waals surface area contributed by atoms with Crippen LogP contribution in [0.2, 0.25) is 0 Å². The van der Waals surface area contributed by atoms with Gasteiger partial charge in [0.2, 0.25) is 21.9 Å². The third-order valence-corrected chi connectivity index (χ3v) is 6.98. The molecule has 0 atom stereocenters. The van der Waals surface area contributed by atoms with E-state index >= 15 is 0 Å². The average molecular weight is 534 g/mol. The number of nitrogens with zero attached hydrogens (tertiary/aromatic N) is 3. The number of aromatic nitrogens is 3. The predicted octanol–water partition coefficient (Wildman–Crippen LogP) is 5.59. The van der Waals surface area contributed by atoms with Gasteiger partial charge in [-0.1, -0.05) is 30.3 Å². The maximum absolute atomic E-state index is 15.0. The molecule has 0 amide bonds. The monoisotopic (exact) mass is 533 g/mol. The minimum Gasteiger partial charge on any atom is -0.437 e. The van der Waals surface area contributed by atoms with Crippen LogP contribution in [-0.4, -0.2) is 23.4 Å². The second-order valence-corrected chi connectivity index (χ2v) is 10.2. The van der Waals surface area contributed by atoms with E-state index in [4.69, 9.17) is 10.5 Å². The van der Waals surface area contributed by atoms with E-state index in [0.29, 0.717) is 28.0 Å². The van der Waals surface area contributed by atoms with Crippen molar-refractivity contribution in [1.29, 1.82) is 0 Å². The second-order valence-electron chi connectivity index (χ2n) is 8.44. The molecule has 5 aromatic rings. The molecular formula is C27H21F2N5O3S. The first kappa shape index (κ1) is 25.0. The normalized spacial score (nSPS) is 11.4. The zero-order valence-corrected chi connectivity index (χ0v) is 20.8. The fourth-order valence-electron chi connectivity index (χ4n) is 4.00. The summed E-state index contributed by atoms with van der Waals surface area (Å²) in [6.07, 6.45) is 3.06. The van der Waals surface area contributed by atoms with Crippen molar-refractivity contribution < 1.29 is 21.9 Å². The molecule has 0 saturated carbocycles. The fraction of sp³-hybridized carbons (Fsp3) is 0.0741. The number of benzene rings is 3. The number of anilines is 2. The highest BCUT2D eigenvalue weighted by atomic mass is 32.2. The van der Waals surface area contributed by atoms with Gasteiger partial charge in [0, 0.05) is 28.7 Å². The number of halogens is 2. The van der Waals surface area contributed by atoms with Gasteiger partial charge in [-0.05, 0) is 48.9 Å². The van der Waals surface area contributed by atoms with Gasteiger partial charge in [0.15, 0.2) is 0 Å². The lowest BCUT2D eigenvalue weighted by molar-refractivity contribution is 0.466. The first-order chi connectivity index (χ1) is 18.2. The number of fused-ring (bicyclic) bond motifs is 1. The van der Waals surface area contributed by atoms with Crippen LogP contribution in [0.25, 0.3) is 22.0 Å². The van der Waals surface area contributed by atoms with E-state index in [9.17, 15) is 17.2 Å². The molecule has 192 valence electrons. The molecule has 8 nitrogen and oxygen atoms in total. The quantitative estimate of drug-likeness (QED) is 0.280. The summed E-state index contributed by atoms with van der Waals surface area (Å²) in [6, 6.07) is 16.5. The number of sulfonamides is 1. The summed E-state index contributed by atoms with van der Waals surface area (Å²) >= 11 is 0. The van der Waals surface area contributed by atoms with Crippen molar-refractivity contribution in [3.8, 4) is 22.9 Å². The molecule has 0 aliphatic heterocycles. The maximum Gasteiger partial charge on any atom is 0.237 e. The number of hydrogen-bond donors (Lipinski definition) is 2. The molecule has 0 fully saturated rings. The van der Waals surface area contributed by atoms with Gasteiger partial charge in [0.1, 0.15) is 17.4 Å². The molecule has 5 rings (SSSR count). The summed E-state index contributed by atoms with van der Waals surface area (Å²) in [7, 11) is -4.16. The molecule has 2 heterocycles. The molecule has 2 aromatic heterocycles. The van der Waals surface area contributed by atoms with Gasteiger partial charge >= 0.3 is 0 Å². The van der Waals surface area contributed by atoms with Crippen molar-refractivity contribution in [2.75, 3.05) is 10.5 Å². The summed E-state index contributed by atoms with van der Waals surface area (Å²) in [4.78, 5) is 12.5. The standard InChI is InChI=1S/C27H21F2N5O3S/c1-16-8-9-18-19(25(16)37-26-20(6-4-13-31-26)23-12-14-32-27(30)33-23)10-11-22(29)24(18)34-38(35,36)15-17-5-2-3-7-21(17)28/h2-14,34H,15H2,1H3,(H2,30,32,33). The number of ether oxygens (including phenoxy) is 1. The molecule has 3 aromatic carbocycles. The lowest BCUT2D eigenvalue weighted by atomic mass is 10.0. The van der Waals surface area contributed by atoms with Crippen LogP contribution in [-0.2, 0) is 15.8 Å². The van der Waals surface area contributed by atoms with Gasteiger partial charge in [-0.25, -0.2) is 32.2 Å². The summed E-state index contributed by atoms with van der Waals surface area (Å²) in [5, 5.41) is 0.695. The minimum atomic E-state index is -4.16. The Balaban J connectivity index is 1.56. The molecule has 11 heteroatoms. The van der Waals surface area contributed by atoms with Crippen molar-refractivity contribution in [1.82, 2.24) is 15.0 Å². The smallest absolute Gasteiger partial charge is 0.237 e. The maximum atomic E-state index is 15.0. The third-order valence-electron chi connectivity index (χ3n) is 5.78. The number of hydrogen-bond acceptors (Lipinski definition) is 7. The van der Waals surface area contributed by atoms with E-state index in [1.54, 1.807) is 43.5 Å². The van der Waals surface area contributed by atoms with Crippen molar-refractivity contribution in [2.24, 2.45) is 0 Å². The third kappa shape index (κ3) is 5.09. The average Bonchev–Trinajstić information content (AvgIpc) is 2.89. The number of pyridine rings is 1. The molecule has 0 aliphatic carbocycles. The van der Waals surface area contributed by atoms with Gasteiger partial charge in [0.05, 0.1) is 22.7 Å². The van der Waals surface area contributed by atoms with Crippen molar-refractivity contribution >= 4 is 32.4 Å². The van der Waals surface area contributed by atoms with Crippen LogP contribution in [0.4, 0.5) is 20.4 Å².